The molecule has 2 N–H and O–H groups in total. The van der Waals surface area contributed by atoms with Gasteiger partial charge in [-0.15, -0.1) is 0 Å². The SMILES string of the molecule is CCC(=O)O[C@@H](CC(=O)NC1[C@H](OCC2O[C@@H](O[Si](C)(C)C(C)(C)C(C)C)C(NC(=O)C[C@H](CC(C)C)OCc3ccccc3)[C@@H](OC(=O)C[C@H](CC)OCc3ccccc3)[C@H]2OCc2ccccc2)OC2COC(c3ccccc3)O[C@@H]2[C@@H]1C)CC(C)C. The van der Waals surface area contributed by atoms with E-state index in [1.165, 1.54) is 0 Å². The summed E-state index contributed by atoms with van der Waals surface area (Å²) in [5, 5.41) is 6.21. The van der Waals surface area contributed by atoms with Crippen LogP contribution in [0.5, 0.6) is 0 Å². The van der Waals surface area contributed by atoms with Crippen molar-refractivity contribution in [3.8, 4) is 0 Å². The van der Waals surface area contributed by atoms with E-state index in [0.29, 0.717) is 25.9 Å². The van der Waals surface area contributed by atoms with Crippen molar-refractivity contribution in [2.24, 2.45) is 23.7 Å². The molecule has 18 heteroatoms. The van der Waals surface area contributed by atoms with E-state index in [9.17, 15) is 14.4 Å². The Bertz CT molecular complexity index is 2760. The van der Waals surface area contributed by atoms with Gasteiger partial charge in [-0.2, -0.15) is 0 Å². The zero-order chi connectivity index (χ0) is 64.3. The van der Waals surface area contributed by atoms with Gasteiger partial charge in [-0.3, -0.25) is 19.2 Å². The highest BCUT2D eigenvalue weighted by molar-refractivity contribution is 6.74. The number of ether oxygens (including phenoxy) is 10. The number of rotatable bonds is 33. The molecule has 7 rings (SSSR count). The molecule has 5 unspecified atom stereocenters. The fraction of sp³-hybridized carbons (Fsp3) is 0.606. The summed E-state index contributed by atoms with van der Waals surface area (Å²) in [7, 11) is -2.90. The number of carbonyl (C=O) groups is 4. The van der Waals surface area contributed by atoms with Crippen molar-refractivity contribution < 1.29 is 71.0 Å². The minimum Gasteiger partial charge on any atom is -0.462 e. The zero-order valence-electron chi connectivity index (χ0n) is 55.0. The van der Waals surface area contributed by atoms with Gasteiger partial charge in [0.25, 0.3) is 0 Å². The van der Waals surface area contributed by atoms with Crippen molar-refractivity contribution >= 4 is 32.1 Å². The lowest BCUT2D eigenvalue weighted by Crippen LogP contribution is -2.69. The number of amides is 2. The van der Waals surface area contributed by atoms with Gasteiger partial charge in [0, 0.05) is 17.9 Å². The Balaban J connectivity index is 1.28. The fourth-order valence-corrected chi connectivity index (χ4v) is 14.1. The number of benzene rings is 4. The van der Waals surface area contributed by atoms with Gasteiger partial charge in [0.1, 0.15) is 30.5 Å². The molecule has 3 fully saturated rings. The number of hydrogen-bond acceptors (Lipinski definition) is 15. The Kier molecular flexibility index (Phi) is 27.4. The summed E-state index contributed by atoms with van der Waals surface area (Å²) in [6.07, 6.45) is -7.69. The maximum Gasteiger partial charge on any atom is 0.308 e. The summed E-state index contributed by atoms with van der Waals surface area (Å²) < 4.78 is 74.2. The fourth-order valence-electron chi connectivity index (χ4n) is 11.6. The van der Waals surface area contributed by atoms with Gasteiger partial charge in [-0.1, -0.05) is 197 Å². The lowest BCUT2D eigenvalue weighted by molar-refractivity contribution is -0.342. The standard InChI is InChI=1S/C71H102N2O15Si/c1-14-54(78-41-50-28-20-16-21-29-50)40-62(77)86-67-64(73-59(74)38-55(36-46(3)4)79-42-51-30-22-17-23-31-51)70(88-89(12,13)71(10,11)48(7)8)85-58(66(67)80-43-52-32-24-18-25-33-52)45-82-69-63(72-60(75)39-56(37-47(5)6)83-61(76)15-2)49(9)65-57(84-69)44-81-68(87-65)53-34-26-19-27-35-53/h16-35,46-49,54-58,63-70H,14-15,36-45H2,1-13H3,(H,72,75)(H,73,74)/t49-,54+,55+,56-,57?,58?,63?,64?,65-,66+,67-,68?,69-,70+/m1/s1. The van der Waals surface area contributed by atoms with Gasteiger partial charge in [-0.25, -0.2) is 0 Å². The van der Waals surface area contributed by atoms with Crippen molar-refractivity contribution in [3.63, 3.8) is 0 Å². The number of nitrogens with one attached hydrogen (secondary N) is 2. The van der Waals surface area contributed by atoms with Crippen molar-refractivity contribution in [2.75, 3.05) is 13.2 Å². The van der Waals surface area contributed by atoms with Crippen LogP contribution in [0, 0.1) is 23.7 Å². The van der Waals surface area contributed by atoms with Gasteiger partial charge in [0.05, 0.1) is 76.7 Å². The molecule has 3 heterocycles. The minimum absolute atomic E-state index is 0.00816. The van der Waals surface area contributed by atoms with Gasteiger partial charge >= 0.3 is 11.9 Å². The van der Waals surface area contributed by atoms with Crippen molar-refractivity contribution in [1.29, 1.82) is 0 Å². The monoisotopic (exact) mass is 1250 g/mol. The molecule has 3 aliphatic rings. The highest BCUT2D eigenvalue weighted by Gasteiger charge is 2.56. The van der Waals surface area contributed by atoms with E-state index in [4.69, 9.17) is 51.8 Å². The number of fused-ring (bicyclic) bond motifs is 1. The van der Waals surface area contributed by atoms with E-state index >= 15 is 4.79 Å². The molecule has 4 aromatic carbocycles. The minimum atomic E-state index is -2.90. The second-order valence-electron chi connectivity index (χ2n) is 26.4. The molecule has 14 atom stereocenters. The number of esters is 2. The van der Waals surface area contributed by atoms with Crippen LogP contribution in [0.4, 0.5) is 0 Å². The van der Waals surface area contributed by atoms with Crippen LogP contribution in [-0.2, 0) is 90.8 Å². The molecular formula is C71H102N2O15Si. The van der Waals surface area contributed by atoms with Crippen LogP contribution in [0.25, 0.3) is 0 Å². The summed E-state index contributed by atoms with van der Waals surface area (Å²) in [6, 6.07) is 37.0. The highest BCUT2D eigenvalue weighted by atomic mass is 28.4. The third-order valence-corrected chi connectivity index (χ3v) is 22.4. The van der Waals surface area contributed by atoms with Gasteiger partial charge < -0.3 is 62.4 Å². The first-order valence-electron chi connectivity index (χ1n) is 32.4. The molecule has 3 saturated heterocycles. The lowest BCUT2D eigenvalue weighted by atomic mass is 9.87. The summed E-state index contributed by atoms with van der Waals surface area (Å²) in [5.41, 5.74) is 3.62. The first kappa shape index (κ1) is 71.1. The van der Waals surface area contributed by atoms with Crippen LogP contribution in [0.15, 0.2) is 121 Å². The molecule has 0 aliphatic carbocycles. The quantitative estimate of drug-likeness (QED) is 0.0338. The second kappa shape index (κ2) is 34.3. The molecule has 0 bridgehead atoms. The maximum absolute atomic E-state index is 15.1. The Morgan fingerprint density at radius 1 is 0.607 bits per heavy atom. The molecule has 3 aliphatic heterocycles. The number of hydrogen-bond donors (Lipinski definition) is 2. The highest BCUT2D eigenvalue weighted by Crippen LogP contribution is 2.46. The lowest BCUT2D eigenvalue weighted by Gasteiger charge is -2.51. The molecule has 89 heavy (non-hydrogen) atoms. The van der Waals surface area contributed by atoms with Crippen molar-refractivity contribution in [2.45, 2.75) is 239 Å². The molecule has 4 aromatic rings. The molecule has 0 spiro atoms. The molecule has 17 nitrogen and oxygen atoms in total. The van der Waals surface area contributed by atoms with Crippen LogP contribution < -0.4 is 10.6 Å². The first-order valence-corrected chi connectivity index (χ1v) is 35.3. The van der Waals surface area contributed by atoms with E-state index in [1.807, 2.05) is 149 Å². The van der Waals surface area contributed by atoms with Gasteiger partial charge in [0.15, 0.2) is 33.3 Å². The predicted octanol–water partition coefficient (Wildman–Crippen LogP) is 12.5. The Morgan fingerprint density at radius 3 is 1.69 bits per heavy atom. The molecule has 0 saturated carbocycles. The van der Waals surface area contributed by atoms with Crippen LogP contribution in [0.2, 0.25) is 18.1 Å². The van der Waals surface area contributed by atoms with Crippen LogP contribution in [0.3, 0.4) is 0 Å². The number of carbonyl (C=O) groups excluding carboxylic acids is 4. The average Bonchev–Trinajstić information content (AvgIpc) is 0.873. The molecule has 0 aromatic heterocycles. The Labute approximate surface area is 530 Å². The molecule has 0 radical (unpaired) electrons. The summed E-state index contributed by atoms with van der Waals surface area (Å²) in [5.74, 6) is -1.59. The first-order chi connectivity index (χ1) is 42.5. The third-order valence-electron chi connectivity index (χ3n) is 17.9. The maximum atomic E-state index is 15.1. The van der Waals surface area contributed by atoms with Crippen LogP contribution in [0.1, 0.15) is 150 Å². The topological polar surface area (TPSA) is 194 Å². The van der Waals surface area contributed by atoms with E-state index in [-0.39, 0.29) is 86.7 Å². The average molecular weight is 1250 g/mol. The molecular weight excluding hydrogens is 1150 g/mol. The van der Waals surface area contributed by atoms with Gasteiger partial charge in [0.2, 0.25) is 11.8 Å². The van der Waals surface area contributed by atoms with Crippen molar-refractivity contribution in [1.82, 2.24) is 10.6 Å². The van der Waals surface area contributed by atoms with Crippen LogP contribution in [-0.4, -0.2) is 119 Å². The van der Waals surface area contributed by atoms with Crippen LogP contribution >= 0.6 is 0 Å². The van der Waals surface area contributed by atoms with Crippen molar-refractivity contribution in [3.05, 3.63) is 144 Å². The molecule has 490 valence electrons. The summed E-state index contributed by atoms with van der Waals surface area (Å²) in [4.78, 5) is 57.1. The van der Waals surface area contributed by atoms with Gasteiger partial charge in [-0.05, 0) is 71.8 Å². The zero-order valence-corrected chi connectivity index (χ0v) is 56.0. The summed E-state index contributed by atoms with van der Waals surface area (Å²) >= 11 is 0. The largest absolute Gasteiger partial charge is 0.462 e. The second-order valence-corrected chi connectivity index (χ2v) is 31.0. The van der Waals surface area contributed by atoms with E-state index in [2.05, 4.69) is 65.3 Å². The molecule has 2 amide bonds. The predicted molar refractivity (Wildman–Crippen MR) is 342 cm³/mol. The summed E-state index contributed by atoms with van der Waals surface area (Å²) in [6.45, 7) is 27.5. The Hall–Kier alpha value is -5.38. The van der Waals surface area contributed by atoms with E-state index in [1.54, 1.807) is 6.92 Å². The Morgan fingerprint density at radius 2 is 1.13 bits per heavy atom. The third kappa shape index (κ3) is 21.1. The normalized spacial score (nSPS) is 25.0. The smallest absolute Gasteiger partial charge is 0.308 e. The van der Waals surface area contributed by atoms with E-state index < -0.39 is 106 Å². The van der Waals surface area contributed by atoms with E-state index in [0.717, 1.165) is 22.3 Å².